The molecule has 3 aromatic rings. The Kier molecular flexibility index (Phi) is 6.21. The van der Waals surface area contributed by atoms with Crippen LogP contribution in [0.2, 0.25) is 5.02 Å². The Morgan fingerprint density at radius 1 is 1.19 bits per heavy atom. The standard InChI is InChI=1S/C21H18Cl2F2N4O3/c1-32-14-4-2-3-13(24)17(14)16-12(23)9-11-19(18(16)25)26-15(10-22)27-20(11)28-5-7-29(8-6-28)21(30)31/h2-4,9H,5-8,10H2,1H3,(H,30,31). The zero-order valence-electron chi connectivity index (χ0n) is 16.9. The van der Waals surface area contributed by atoms with Crippen molar-refractivity contribution in [3.05, 3.63) is 46.7 Å². The first-order valence-electron chi connectivity index (χ1n) is 9.66. The van der Waals surface area contributed by atoms with Gasteiger partial charge in [0.2, 0.25) is 0 Å². The van der Waals surface area contributed by atoms with Crippen LogP contribution in [0, 0.1) is 11.6 Å². The van der Waals surface area contributed by atoms with E-state index in [2.05, 4.69) is 9.97 Å². The van der Waals surface area contributed by atoms with Gasteiger partial charge in [0.15, 0.2) is 5.82 Å². The van der Waals surface area contributed by atoms with Gasteiger partial charge in [0.05, 0.1) is 23.6 Å². The summed E-state index contributed by atoms with van der Waals surface area (Å²) in [5.41, 5.74) is -0.340. The minimum absolute atomic E-state index is 0.0361. The normalized spacial score (nSPS) is 14.2. The van der Waals surface area contributed by atoms with E-state index in [4.69, 9.17) is 27.9 Å². The largest absolute Gasteiger partial charge is 0.496 e. The third-order valence-electron chi connectivity index (χ3n) is 5.32. The second-order valence-corrected chi connectivity index (χ2v) is 7.79. The van der Waals surface area contributed by atoms with Crippen LogP contribution in [0.3, 0.4) is 0 Å². The summed E-state index contributed by atoms with van der Waals surface area (Å²) in [5, 5.41) is 9.47. The zero-order valence-corrected chi connectivity index (χ0v) is 18.4. The number of carbonyl (C=O) groups is 1. The highest BCUT2D eigenvalue weighted by Crippen LogP contribution is 2.42. The average molecular weight is 483 g/mol. The van der Waals surface area contributed by atoms with Crippen LogP contribution < -0.4 is 9.64 Å². The molecule has 0 radical (unpaired) electrons. The second-order valence-electron chi connectivity index (χ2n) is 7.11. The van der Waals surface area contributed by atoms with Crippen LogP contribution in [0.4, 0.5) is 19.4 Å². The van der Waals surface area contributed by atoms with Crippen LogP contribution in [0.5, 0.6) is 5.75 Å². The van der Waals surface area contributed by atoms with Crippen molar-refractivity contribution in [3.63, 3.8) is 0 Å². The number of alkyl halides is 1. The number of methoxy groups -OCH3 is 1. The molecule has 1 N–H and O–H groups in total. The average Bonchev–Trinajstić information content (AvgIpc) is 2.79. The van der Waals surface area contributed by atoms with Crippen LogP contribution in [-0.4, -0.2) is 59.4 Å². The van der Waals surface area contributed by atoms with Gasteiger partial charge < -0.3 is 19.6 Å². The molecular weight excluding hydrogens is 465 g/mol. The lowest BCUT2D eigenvalue weighted by Gasteiger charge is -2.34. The number of hydrogen-bond donors (Lipinski definition) is 1. The second kappa shape index (κ2) is 8.91. The number of piperazine rings is 1. The van der Waals surface area contributed by atoms with Gasteiger partial charge in [0.25, 0.3) is 0 Å². The molecule has 4 rings (SSSR count). The van der Waals surface area contributed by atoms with E-state index in [9.17, 15) is 14.3 Å². The molecule has 1 amide bonds. The van der Waals surface area contributed by atoms with E-state index in [1.165, 1.54) is 36.3 Å². The third-order valence-corrected chi connectivity index (χ3v) is 5.86. The third kappa shape index (κ3) is 3.86. The maximum atomic E-state index is 15.8. The first-order chi connectivity index (χ1) is 15.3. The molecule has 168 valence electrons. The van der Waals surface area contributed by atoms with Gasteiger partial charge in [-0.25, -0.2) is 23.5 Å². The number of fused-ring (bicyclic) bond motifs is 1. The first kappa shape index (κ1) is 22.3. The van der Waals surface area contributed by atoms with Crippen molar-refractivity contribution in [1.82, 2.24) is 14.9 Å². The molecule has 2 heterocycles. The summed E-state index contributed by atoms with van der Waals surface area (Å²) in [6.45, 7) is 1.22. The Morgan fingerprint density at radius 2 is 1.91 bits per heavy atom. The molecule has 1 aromatic heterocycles. The highest BCUT2D eigenvalue weighted by molar-refractivity contribution is 6.34. The summed E-state index contributed by atoms with van der Waals surface area (Å²) >= 11 is 12.4. The molecule has 2 aromatic carbocycles. The van der Waals surface area contributed by atoms with Gasteiger partial charge >= 0.3 is 6.09 Å². The maximum absolute atomic E-state index is 15.8. The van der Waals surface area contributed by atoms with Crippen molar-refractivity contribution in [1.29, 1.82) is 0 Å². The predicted octanol–water partition coefficient (Wildman–Crippen LogP) is 4.78. The van der Waals surface area contributed by atoms with Crippen molar-refractivity contribution in [2.75, 3.05) is 38.2 Å². The molecule has 1 fully saturated rings. The smallest absolute Gasteiger partial charge is 0.407 e. The van der Waals surface area contributed by atoms with E-state index < -0.39 is 17.7 Å². The quantitative estimate of drug-likeness (QED) is 0.539. The van der Waals surface area contributed by atoms with Gasteiger partial charge in [0.1, 0.15) is 28.7 Å². The molecule has 1 aliphatic heterocycles. The summed E-state index contributed by atoms with van der Waals surface area (Å²) < 4.78 is 35.7. The zero-order chi connectivity index (χ0) is 23.0. The van der Waals surface area contributed by atoms with Gasteiger partial charge in [-0.2, -0.15) is 0 Å². The van der Waals surface area contributed by atoms with Gasteiger partial charge in [-0.1, -0.05) is 17.7 Å². The minimum Gasteiger partial charge on any atom is -0.496 e. The van der Waals surface area contributed by atoms with Crippen LogP contribution in [-0.2, 0) is 5.88 Å². The van der Waals surface area contributed by atoms with Crippen molar-refractivity contribution in [2.24, 2.45) is 0 Å². The first-order valence-corrected chi connectivity index (χ1v) is 10.6. The predicted molar refractivity (Wildman–Crippen MR) is 118 cm³/mol. The fraction of sp³-hybridized carbons (Fsp3) is 0.286. The Balaban J connectivity index is 1.90. The molecule has 32 heavy (non-hydrogen) atoms. The Bertz CT molecular complexity index is 1200. The van der Waals surface area contributed by atoms with Gasteiger partial charge in [-0.3, -0.25) is 0 Å². The van der Waals surface area contributed by atoms with E-state index >= 15 is 4.39 Å². The summed E-state index contributed by atoms with van der Waals surface area (Å²) in [4.78, 5) is 23.0. The molecule has 0 bridgehead atoms. The summed E-state index contributed by atoms with van der Waals surface area (Å²) in [6.07, 6.45) is -1.00. The van der Waals surface area contributed by atoms with E-state index in [1.807, 2.05) is 4.90 Å². The van der Waals surface area contributed by atoms with Crippen molar-refractivity contribution < 1.29 is 23.4 Å². The number of ether oxygens (including phenoxy) is 1. The molecule has 7 nitrogen and oxygen atoms in total. The highest BCUT2D eigenvalue weighted by atomic mass is 35.5. The number of anilines is 1. The Hall–Kier alpha value is -2.91. The van der Waals surface area contributed by atoms with Gasteiger partial charge in [-0.15, -0.1) is 11.6 Å². The van der Waals surface area contributed by atoms with Crippen LogP contribution in [0.1, 0.15) is 5.82 Å². The van der Waals surface area contributed by atoms with Crippen LogP contribution in [0.15, 0.2) is 24.3 Å². The number of benzene rings is 2. The lowest BCUT2D eigenvalue weighted by Crippen LogP contribution is -2.48. The van der Waals surface area contributed by atoms with Gasteiger partial charge in [-0.05, 0) is 18.2 Å². The fourth-order valence-corrected chi connectivity index (χ4v) is 4.19. The van der Waals surface area contributed by atoms with Crippen molar-refractivity contribution >= 4 is 46.0 Å². The number of nitrogens with zero attached hydrogens (tertiary/aromatic N) is 4. The molecule has 1 saturated heterocycles. The van der Waals surface area contributed by atoms with Crippen LogP contribution >= 0.6 is 23.2 Å². The number of halogens is 4. The molecular formula is C21H18Cl2F2N4O3. The van der Waals surface area contributed by atoms with E-state index in [-0.39, 0.29) is 52.2 Å². The molecule has 0 spiro atoms. The number of carboxylic acid groups (broad SMARTS) is 1. The summed E-state index contributed by atoms with van der Waals surface area (Å²) in [5.74, 6) is -0.887. The molecule has 0 aliphatic carbocycles. The molecule has 0 unspecified atom stereocenters. The molecule has 11 heteroatoms. The number of rotatable bonds is 4. The van der Waals surface area contributed by atoms with Crippen molar-refractivity contribution in [2.45, 2.75) is 5.88 Å². The number of amides is 1. The summed E-state index contributed by atoms with van der Waals surface area (Å²) in [6, 6.07) is 5.64. The van der Waals surface area contributed by atoms with Crippen LogP contribution in [0.25, 0.3) is 22.0 Å². The lowest BCUT2D eigenvalue weighted by atomic mass is 10.0. The monoisotopic (exact) mass is 482 g/mol. The number of aromatic nitrogens is 2. The van der Waals surface area contributed by atoms with Crippen molar-refractivity contribution in [3.8, 4) is 16.9 Å². The molecule has 0 saturated carbocycles. The van der Waals surface area contributed by atoms with E-state index in [1.54, 1.807) is 0 Å². The van der Waals surface area contributed by atoms with E-state index in [0.29, 0.717) is 24.3 Å². The Labute approximate surface area is 192 Å². The minimum atomic E-state index is -1.00. The topological polar surface area (TPSA) is 78.8 Å². The molecule has 0 atom stereocenters. The number of hydrogen-bond acceptors (Lipinski definition) is 5. The lowest BCUT2D eigenvalue weighted by molar-refractivity contribution is 0.142. The fourth-order valence-electron chi connectivity index (χ4n) is 3.78. The maximum Gasteiger partial charge on any atom is 0.407 e. The SMILES string of the molecule is COc1cccc(F)c1-c1c(Cl)cc2c(N3CCN(C(=O)O)CC3)nc(CCl)nc2c1F. The Morgan fingerprint density at radius 3 is 2.53 bits per heavy atom. The summed E-state index contributed by atoms with van der Waals surface area (Å²) in [7, 11) is 1.35. The van der Waals surface area contributed by atoms with Gasteiger partial charge in [0, 0.05) is 37.1 Å². The molecule has 1 aliphatic rings. The highest BCUT2D eigenvalue weighted by Gasteiger charge is 2.27. The van der Waals surface area contributed by atoms with E-state index in [0.717, 1.165) is 0 Å².